The van der Waals surface area contributed by atoms with E-state index in [4.69, 9.17) is 22.1 Å². The lowest BCUT2D eigenvalue weighted by Gasteiger charge is -2.17. The third kappa shape index (κ3) is 3.30. The number of aromatic nitrogens is 1. The van der Waals surface area contributed by atoms with Gasteiger partial charge in [-0.15, -0.1) is 0 Å². The number of nitrogens with one attached hydrogen (secondary N) is 1. The monoisotopic (exact) mass is 342 g/mol. The van der Waals surface area contributed by atoms with Crippen LogP contribution < -0.4 is 16.0 Å². The molecule has 0 amide bonds. The molecule has 0 saturated heterocycles. The number of aromatic amines is 1. The Labute approximate surface area is 145 Å². The van der Waals surface area contributed by atoms with E-state index in [0.29, 0.717) is 21.9 Å². The number of hydrogen-bond acceptors (Lipinski definition) is 3. The first-order valence-electron chi connectivity index (χ1n) is 7.79. The Bertz CT molecular complexity index is 920. The minimum absolute atomic E-state index is 0.156. The molecule has 0 saturated carbocycles. The largest absolute Gasteiger partial charge is 0.484 e. The van der Waals surface area contributed by atoms with Crippen LogP contribution in [-0.4, -0.2) is 4.98 Å². The molecule has 3 aromatic rings. The predicted molar refractivity (Wildman–Crippen MR) is 97.7 cm³/mol. The van der Waals surface area contributed by atoms with Crippen molar-refractivity contribution in [2.24, 2.45) is 5.73 Å². The smallest absolute Gasteiger partial charge is 0.253 e. The molecule has 124 valence electrons. The number of benzene rings is 2. The number of nitrogens with two attached hydrogens (primary N) is 1. The molecule has 3 N–H and O–H groups in total. The maximum Gasteiger partial charge on any atom is 0.253 e. The van der Waals surface area contributed by atoms with Gasteiger partial charge in [-0.3, -0.25) is 4.79 Å². The Morgan fingerprint density at radius 2 is 1.83 bits per heavy atom. The molecule has 4 nitrogen and oxygen atoms in total. The van der Waals surface area contributed by atoms with E-state index in [1.807, 2.05) is 37.3 Å². The van der Waals surface area contributed by atoms with Gasteiger partial charge in [0, 0.05) is 23.1 Å². The van der Waals surface area contributed by atoms with E-state index < -0.39 is 0 Å². The lowest BCUT2D eigenvalue weighted by atomic mass is 10.1. The van der Waals surface area contributed by atoms with Gasteiger partial charge in [0.1, 0.15) is 11.9 Å². The summed E-state index contributed by atoms with van der Waals surface area (Å²) in [7, 11) is 0. The number of hydrogen-bond donors (Lipinski definition) is 2. The van der Waals surface area contributed by atoms with Gasteiger partial charge in [0.25, 0.3) is 5.56 Å². The van der Waals surface area contributed by atoms with Crippen molar-refractivity contribution in [3.8, 4) is 5.75 Å². The quantitative estimate of drug-likeness (QED) is 0.741. The molecule has 0 unspecified atom stereocenters. The zero-order chi connectivity index (χ0) is 17.3. The Balaban J connectivity index is 1.99. The van der Waals surface area contributed by atoms with Crippen LogP contribution in [0.15, 0.2) is 53.3 Å². The van der Waals surface area contributed by atoms with Crippen LogP contribution in [0, 0.1) is 0 Å². The first-order valence-corrected chi connectivity index (χ1v) is 8.17. The van der Waals surface area contributed by atoms with Crippen LogP contribution in [0.1, 0.15) is 37.1 Å². The summed E-state index contributed by atoms with van der Waals surface area (Å²) in [5, 5.41) is 1.32. The Morgan fingerprint density at radius 3 is 2.50 bits per heavy atom. The molecule has 0 aliphatic rings. The van der Waals surface area contributed by atoms with Crippen molar-refractivity contribution in [2.75, 3.05) is 0 Å². The van der Waals surface area contributed by atoms with E-state index in [1.165, 1.54) is 0 Å². The molecule has 24 heavy (non-hydrogen) atoms. The standard InChI is InChI=1S/C19H19ClN2O2/c1-11(21)15-8-14-9-16(20)18(10-17(14)22-19(15)23)24-12(2)13-6-4-3-5-7-13/h3-12H,21H2,1-2H3,(H,22,23)/t11-,12+/m0/s1. The van der Waals surface area contributed by atoms with Crippen molar-refractivity contribution in [3.05, 3.63) is 75.0 Å². The van der Waals surface area contributed by atoms with Crippen molar-refractivity contribution in [1.82, 2.24) is 4.98 Å². The van der Waals surface area contributed by atoms with Crippen molar-refractivity contribution in [2.45, 2.75) is 26.0 Å². The molecule has 0 aliphatic heterocycles. The molecule has 0 spiro atoms. The van der Waals surface area contributed by atoms with Crippen LogP contribution in [0.25, 0.3) is 10.9 Å². The van der Waals surface area contributed by atoms with Gasteiger partial charge in [-0.25, -0.2) is 0 Å². The highest BCUT2D eigenvalue weighted by atomic mass is 35.5. The fraction of sp³-hybridized carbons (Fsp3) is 0.211. The van der Waals surface area contributed by atoms with Gasteiger partial charge >= 0.3 is 0 Å². The van der Waals surface area contributed by atoms with Crippen LogP contribution in [0.3, 0.4) is 0 Å². The van der Waals surface area contributed by atoms with Crippen LogP contribution in [0.2, 0.25) is 5.02 Å². The summed E-state index contributed by atoms with van der Waals surface area (Å²) in [6.07, 6.45) is -0.156. The predicted octanol–water partition coefficient (Wildman–Crippen LogP) is 4.34. The Kier molecular flexibility index (Phi) is 4.60. The molecule has 3 rings (SSSR count). The first kappa shape index (κ1) is 16.6. The van der Waals surface area contributed by atoms with Gasteiger partial charge in [-0.1, -0.05) is 41.9 Å². The van der Waals surface area contributed by atoms with E-state index in [2.05, 4.69) is 4.98 Å². The normalized spacial score (nSPS) is 13.7. The average Bonchev–Trinajstić information content (AvgIpc) is 2.56. The van der Waals surface area contributed by atoms with E-state index in [0.717, 1.165) is 10.9 Å². The van der Waals surface area contributed by atoms with Crippen LogP contribution >= 0.6 is 11.6 Å². The van der Waals surface area contributed by atoms with E-state index in [1.54, 1.807) is 25.1 Å². The van der Waals surface area contributed by atoms with Crippen LogP contribution in [0.5, 0.6) is 5.75 Å². The molecular weight excluding hydrogens is 324 g/mol. The first-order chi connectivity index (χ1) is 11.5. The third-order valence-electron chi connectivity index (χ3n) is 3.99. The minimum Gasteiger partial charge on any atom is -0.484 e. The van der Waals surface area contributed by atoms with Gasteiger partial charge in [0.05, 0.1) is 10.5 Å². The van der Waals surface area contributed by atoms with E-state index in [-0.39, 0.29) is 17.7 Å². The lowest BCUT2D eigenvalue weighted by molar-refractivity contribution is 0.227. The van der Waals surface area contributed by atoms with Crippen LogP contribution in [-0.2, 0) is 0 Å². The van der Waals surface area contributed by atoms with Gasteiger partial charge < -0.3 is 15.5 Å². The summed E-state index contributed by atoms with van der Waals surface area (Å²) in [5.74, 6) is 0.532. The van der Waals surface area contributed by atoms with Crippen molar-refractivity contribution < 1.29 is 4.74 Å². The number of H-pyrrole nitrogens is 1. The summed E-state index contributed by atoms with van der Waals surface area (Å²) in [4.78, 5) is 15.0. The maximum absolute atomic E-state index is 12.1. The number of ether oxygens (including phenoxy) is 1. The molecule has 1 heterocycles. The summed E-state index contributed by atoms with van der Waals surface area (Å²) in [5.41, 5.74) is 7.89. The fourth-order valence-electron chi connectivity index (χ4n) is 2.64. The van der Waals surface area contributed by atoms with Gasteiger partial charge in [-0.05, 0) is 31.5 Å². The molecular formula is C19H19ClN2O2. The summed E-state index contributed by atoms with van der Waals surface area (Å²) >= 11 is 6.36. The Hall–Kier alpha value is -2.30. The highest BCUT2D eigenvalue weighted by molar-refractivity contribution is 6.32. The molecule has 1 aromatic heterocycles. The molecule has 0 bridgehead atoms. The number of halogens is 1. The molecule has 2 atom stereocenters. The van der Waals surface area contributed by atoms with E-state index >= 15 is 0 Å². The highest BCUT2D eigenvalue weighted by Crippen LogP contribution is 2.32. The number of fused-ring (bicyclic) bond motifs is 1. The third-order valence-corrected chi connectivity index (χ3v) is 4.28. The summed E-state index contributed by atoms with van der Waals surface area (Å²) in [6.45, 7) is 3.73. The molecule has 5 heteroatoms. The maximum atomic E-state index is 12.1. The number of pyridine rings is 1. The van der Waals surface area contributed by atoms with Gasteiger partial charge in [0.2, 0.25) is 0 Å². The topological polar surface area (TPSA) is 68.1 Å². The van der Waals surface area contributed by atoms with Gasteiger partial charge in [0.15, 0.2) is 0 Å². The SMILES string of the molecule is C[C@H](N)c1cc2cc(Cl)c(O[C@H](C)c3ccccc3)cc2[nH]c1=O. The summed E-state index contributed by atoms with van der Waals surface area (Å²) in [6, 6.07) is 14.8. The second-order valence-electron chi connectivity index (χ2n) is 5.88. The van der Waals surface area contributed by atoms with E-state index in [9.17, 15) is 4.79 Å². The average molecular weight is 343 g/mol. The second-order valence-corrected chi connectivity index (χ2v) is 6.29. The second kappa shape index (κ2) is 6.67. The molecule has 2 aromatic carbocycles. The molecule has 0 radical (unpaired) electrons. The van der Waals surface area contributed by atoms with Crippen LogP contribution in [0.4, 0.5) is 0 Å². The Morgan fingerprint density at radius 1 is 1.12 bits per heavy atom. The highest BCUT2D eigenvalue weighted by Gasteiger charge is 2.13. The van der Waals surface area contributed by atoms with Crippen molar-refractivity contribution in [3.63, 3.8) is 0 Å². The van der Waals surface area contributed by atoms with Gasteiger partial charge in [-0.2, -0.15) is 0 Å². The molecule has 0 fully saturated rings. The lowest BCUT2D eigenvalue weighted by Crippen LogP contribution is -2.19. The fourth-order valence-corrected chi connectivity index (χ4v) is 2.85. The van der Waals surface area contributed by atoms with Crippen molar-refractivity contribution >= 4 is 22.5 Å². The zero-order valence-electron chi connectivity index (χ0n) is 13.5. The minimum atomic E-state index is -0.342. The summed E-state index contributed by atoms with van der Waals surface area (Å²) < 4.78 is 5.98. The van der Waals surface area contributed by atoms with Crippen molar-refractivity contribution in [1.29, 1.82) is 0 Å². The molecule has 0 aliphatic carbocycles. The zero-order valence-corrected chi connectivity index (χ0v) is 14.3. The number of rotatable bonds is 4.